The third-order valence-corrected chi connectivity index (χ3v) is 6.87. The van der Waals surface area contributed by atoms with Gasteiger partial charge < -0.3 is 10.3 Å². The number of H-pyrrole nitrogens is 2. The summed E-state index contributed by atoms with van der Waals surface area (Å²) in [5.41, 5.74) is 6.86. The lowest BCUT2D eigenvalue weighted by molar-refractivity contribution is -0.115. The van der Waals surface area contributed by atoms with Crippen molar-refractivity contribution in [3.8, 4) is 33.9 Å². The molecule has 7 rings (SSSR count). The summed E-state index contributed by atoms with van der Waals surface area (Å²) < 4.78 is 14.6. The molecule has 0 fully saturated rings. The van der Waals surface area contributed by atoms with Crippen molar-refractivity contribution >= 4 is 33.5 Å². The molecule has 0 aliphatic rings. The first-order valence-electron chi connectivity index (χ1n) is 13.0. The average molecular weight is 540 g/mol. The van der Waals surface area contributed by atoms with Gasteiger partial charge in [0.2, 0.25) is 5.91 Å². The van der Waals surface area contributed by atoms with Crippen molar-refractivity contribution in [2.75, 3.05) is 5.32 Å². The zero-order chi connectivity index (χ0) is 27.8. The van der Waals surface area contributed by atoms with E-state index in [9.17, 15) is 9.18 Å². The number of carbonyl (C=O) groups is 1. The molecule has 0 spiro atoms. The molecule has 3 N–H and O–H groups in total. The number of para-hydroxylation sites is 1. The van der Waals surface area contributed by atoms with E-state index in [2.05, 4.69) is 30.5 Å². The van der Waals surface area contributed by atoms with E-state index in [1.807, 2.05) is 60.7 Å². The van der Waals surface area contributed by atoms with Crippen LogP contribution in [0.5, 0.6) is 0 Å². The smallest absolute Gasteiger partial charge is 0.228 e. The standard InChI is InChI=1S/C32H22FN7O/c33-25-11-5-4-9-22(25)23-10-6-12-26-30(23)38-32(37-26)31-24-15-27(35-18-28(24)39-40-31)20-14-21(17-34-16-20)36-29(41)13-19-7-2-1-3-8-19/h1-12,14-18H,13H2,(H,36,41)(H,37,38)(H,39,40). The molecular formula is C32H22FN7O. The number of benzene rings is 3. The summed E-state index contributed by atoms with van der Waals surface area (Å²) >= 11 is 0. The van der Waals surface area contributed by atoms with E-state index in [1.165, 1.54) is 6.07 Å². The molecule has 0 saturated heterocycles. The fourth-order valence-corrected chi connectivity index (χ4v) is 4.93. The van der Waals surface area contributed by atoms with E-state index < -0.39 is 0 Å². The Balaban J connectivity index is 1.22. The first kappa shape index (κ1) is 24.3. The van der Waals surface area contributed by atoms with E-state index in [1.54, 1.807) is 36.8 Å². The number of hydrogen-bond donors (Lipinski definition) is 3. The van der Waals surface area contributed by atoms with Crippen LogP contribution in [0.1, 0.15) is 5.56 Å². The first-order chi connectivity index (χ1) is 20.1. The van der Waals surface area contributed by atoms with Gasteiger partial charge in [-0.3, -0.25) is 19.9 Å². The normalized spacial score (nSPS) is 11.2. The number of nitrogens with one attached hydrogen (secondary N) is 3. The molecule has 0 unspecified atom stereocenters. The number of aromatic amines is 2. The van der Waals surface area contributed by atoms with Crippen LogP contribution in [-0.4, -0.2) is 36.0 Å². The van der Waals surface area contributed by atoms with E-state index >= 15 is 0 Å². The van der Waals surface area contributed by atoms with Gasteiger partial charge in [0.15, 0.2) is 5.82 Å². The van der Waals surface area contributed by atoms with Gasteiger partial charge in [0.25, 0.3) is 0 Å². The van der Waals surface area contributed by atoms with Crippen LogP contribution in [0.2, 0.25) is 0 Å². The zero-order valence-corrected chi connectivity index (χ0v) is 21.6. The van der Waals surface area contributed by atoms with Crippen molar-refractivity contribution in [2.45, 2.75) is 6.42 Å². The monoisotopic (exact) mass is 539 g/mol. The van der Waals surface area contributed by atoms with Crippen molar-refractivity contribution in [1.82, 2.24) is 30.1 Å². The van der Waals surface area contributed by atoms with Gasteiger partial charge in [0.05, 0.1) is 46.7 Å². The molecule has 0 bridgehead atoms. The maximum atomic E-state index is 14.6. The average Bonchev–Trinajstić information content (AvgIpc) is 3.62. The summed E-state index contributed by atoms with van der Waals surface area (Å²) in [5.74, 6) is 0.111. The van der Waals surface area contributed by atoms with Crippen molar-refractivity contribution < 1.29 is 9.18 Å². The van der Waals surface area contributed by atoms with Gasteiger partial charge in [0.1, 0.15) is 11.5 Å². The molecule has 4 aromatic heterocycles. The lowest BCUT2D eigenvalue weighted by Gasteiger charge is -2.07. The summed E-state index contributed by atoms with van der Waals surface area (Å²) in [5, 5.41) is 11.3. The molecule has 0 aliphatic carbocycles. The highest BCUT2D eigenvalue weighted by molar-refractivity contribution is 5.98. The second kappa shape index (κ2) is 10.1. The van der Waals surface area contributed by atoms with E-state index in [0.29, 0.717) is 39.5 Å². The molecule has 8 nitrogen and oxygen atoms in total. The van der Waals surface area contributed by atoms with Crippen molar-refractivity contribution in [2.24, 2.45) is 0 Å². The topological polar surface area (TPSA) is 112 Å². The number of amides is 1. The largest absolute Gasteiger partial charge is 0.337 e. The summed E-state index contributed by atoms with van der Waals surface area (Å²) in [6.07, 6.45) is 5.28. The molecule has 9 heteroatoms. The SMILES string of the molecule is O=C(Cc1ccccc1)Nc1cncc(-c2cc3c(-c4nc5c(-c6ccccc6F)cccc5[nH]4)n[nH]c3cn2)c1. The van der Waals surface area contributed by atoms with Gasteiger partial charge in [-0.2, -0.15) is 5.10 Å². The minimum absolute atomic E-state index is 0.129. The van der Waals surface area contributed by atoms with Gasteiger partial charge in [-0.15, -0.1) is 0 Å². The van der Waals surface area contributed by atoms with Crippen LogP contribution in [0.15, 0.2) is 104 Å². The number of halogens is 1. The number of imidazole rings is 1. The minimum Gasteiger partial charge on any atom is -0.337 e. The number of carbonyl (C=O) groups excluding carboxylic acids is 1. The second-order valence-electron chi connectivity index (χ2n) is 9.63. The van der Waals surface area contributed by atoms with Crippen LogP contribution < -0.4 is 5.32 Å². The number of anilines is 1. The third-order valence-electron chi connectivity index (χ3n) is 6.87. The Hall–Kier alpha value is -5.70. The number of hydrogen-bond acceptors (Lipinski definition) is 5. The maximum Gasteiger partial charge on any atom is 0.228 e. The summed E-state index contributed by atoms with van der Waals surface area (Å²) in [4.78, 5) is 29.6. The highest BCUT2D eigenvalue weighted by Gasteiger charge is 2.17. The fraction of sp³-hybridized carbons (Fsp3) is 0.0312. The van der Waals surface area contributed by atoms with Crippen LogP contribution in [0.25, 0.3) is 55.8 Å². The van der Waals surface area contributed by atoms with Crippen molar-refractivity contribution in [1.29, 1.82) is 0 Å². The van der Waals surface area contributed by atoms with E-state index in [0.717, 1.165) is 27.5 Å². The summed E-state index contributed by atoms with van der Waals surface area (Å²) in [6.45, 7) is 0. The van der Waals surface area contributed by atoms with E-state index in [-0.39, 0.29) is 18.1 Å². The number of rotatable bonds is 6. The van der Waals surface area contributed by atoms with Crippen molar-refractivity contribution in [3.05, 3.63) is 115 Å². The van der Waals surface area contributed by atoms with Crippen molar-refractivity contribution in [3.63, 3.8) is 0 Å². The van der Waals surface area contributed by atoms with Crippen LogP contribution >= 0.6 is 0 Å². The van der Waals surface area contributed by atoms with E-state index in [4.69, 9.17) is 4.98 Å². The molecule has 198 valence electrons. The summed E-state index contributed by atoms with van der Waals surface area (Å²) in [6, 6.07) is 25.6. The zero-order valence-electron chi connectivity index (χ0n) is 21.6. The fourth-order valence-electron chi connectivity index (χ4n) is 4.93. The number of pyridine rings is 2. The Morgan fingerprint density at radius 2 is 1.68 bits per heavy atom. The highest BCUT2D eigenvalue weighted by Crippen LogP contribution is 2.33. The lowest BCUT2D eigenvalue weighted by Crippen LogP contribution is -2.14. The van der Waals surface area contributed by atoms with Gasteiger partial charge in [-0.05, 0) is 29.8 Å². The van der Waals surface area contributed by atoms with Crippen LogP contribution in [-0.2, 0) is 11.2 Å². The van der Waals surface area contributed by atoms with Gasteiger partial charge in [0, 0.05) is 28.3 Å². The molecule has 0 radical (unpaired) electrons. The van der Waals surface area contributed by atoms with Gasteiger partial charge in [-0.1, -0.05) is 60.7 Å². The van der Waals surface area contributed by atoms with Crippen LogP contribution in [0, 0.1) is 5.82 Å². The first-order valence-corrected chi connectivity index (χ1v) is 13.0. The Morgan fingerprint density at radius 1 is 0.854 bits per heavy atom. The quantitative estimate of drug-likeness (QED) is 0.222. The molecule has 0 atom stereocenters. The maximum absolute atomic E-state index is 14.6. The molecule has 3 aromatic carbocycles. The lowest BCUT2D eigenvalue weighted by atomic mass is 10.0. The molecule has 7 aromatic rings. The predicted octanol–water partition coefficient (Wildman–Crippen LogP) is 6.55. The Morgan fingerprint density at radius 3 is 2.56 bits per heavy atom. The number of fused-ring (bicyclic) bond motifs is 2. The van der Waals surface area contributed by atoms with Crippen LogP contribution in [0.4, 0.5) is 10.1 Å². The summed E-state index contributed by atoms with van der Waals surface area (Å²) in [7, 11) is 0. The van der Waals surface area contributed by atoms with Crippen LogP contribution in [0.3, 0.4) is 0 Å². The molecule has 0 aliphatic heterocycles. The second-order valence-corrected chi connectivity index (χ2v) is 9.63. The third kappa shape index (κ3) is 4.70. The van der Waals surface area contributed by atoms with Gasteiger partial charge in [-0.25, -0.2) is 9.37 Å². The Kier molecular flexibility index (Phi) is 6.01. The number of nitrogens with zero attached hydrogens (tertiary/aromatic N) is 4. The molecule has 41 heavy (non-hydrogen) atoms. The predicted molar refractivity (Wildman–Crippen MR) is 156 cm³/mol. The molecular weight excluding hydrogens is 517 g/mol. The molecule has 1 amide bonds. The number of aromatic nitrogens is 6. The molecule has 0 saturated carbocycles. The Bertz CT molecular complexity index is 2050. The minimum atomic E-state index is -0.308. The Labute approximate surface area is 233 Å². The molecule has 4 heterocycles. The highest BCUT2D eigenvalue weighted by atomic mass is 19.1. The van der Waals surface area contributed by atoms with Gasteiger partial charge >= 0.3 is 0 Å².